The Morgan fingerprint density at radius 2 is 1.75 bits per heavy atom. The van der Waals surface area contributed by atoms with Crippen LogP contribution in [0, 0.1) is 0 Å². The number of hydrogen-bond acceptors (Lipinski definition) is 1. The van der Waals surface area contributed by atoms with E-state index in [4.69, 9.17) is 0 Å². The van der Waals surface area contributed by atoms with Gasteiger partial charge in [-0.25, -0.2) is 0 Å². The van der Waals surface area contributed by atoms with Crippen LogP contribution in [0.1, 0.15) is 15.9 Å². The number of carbonyl (C=O) groups is 1. The van der Waals surface area contributed by atoms with Gasteiger partial charge in [-0.1, -0.05) is 0 Å². The Morgan fingerprint density at radius 3 is 2.12 bits per heavy atom. The van der Waals surface area contributed by atoms with Crippen molar-refractivity contribution in [1.82, 2.24) is 4.57 Å². The van der Waals surface area contributed by atoms with Gasteiger partial charge < -0.3 is 4.57 Å². The number of rotatable bonds is 2. The Labute approximate surface area is 92.5 Å². The summed E-state index contributed by atoms with van der Waals surface area (Å²) in [6, 6.07) is 0. The van der Waals surface area contributed by atoms with E-state index in [1.807, 2.05) is 0 Å². The predicted octanol–water partition coefficient (Wildman–Crippen LogP) is 2.75. The van der Waals surface area contributed by atoms with Crippen LogP contribution in [0.4, 0.5) is 22.0 Å². The van der Waals surface area contributed by atoms with Crippen molar-refractivity contribution in [3.05, 3.63) is 23.5 Å². The molecule has 0 unspecified atom stereocenters. The Hall–Kier alpha value is -1.05. The zero-order chi connectivity index (χ0) is 12.7. The highest BCUT2D eigenvalue weighted by Crippen LogP contribution is 2.45. The number of nitrogens with zero attached hydrogens (tertiary/aromatic N) is 1. The van der Waals surface area contributed by atoms with Crippen molar-refractivity contribution in [3.8, 4) is 0 Å². The minimum atomic E-state index is -5.74. The first-order valence-corrected chi connectivity index (χ1v) is 4.36. The van der Waals surface area contributed by atoms with Crippen LogP contribution in [0.3, 0.4) is 0 Å². The summed E-state index contributed by atoms with van der Waals surface area (Å²) in [5.74, 6) is -5.07. The zero-order valence-corrected chi connectivity index (χ0v) is 8.74. The van der Waals surface area contributed by atoms with Crippen LogP contribution in [0.25, 0.3) is 0 Å². The third-order valence-corrected chi connectivity index (χ3v) is 2.12. The van der Waals surface area contributed by atoms with Crippen molar-refractivity contribution in [3.63, 3.8) is 0 Å². The van der Waals surface area contributed by atoms with Crippen molar-refractivity contribution in [2.75, 3.05) is 0 Å². The fraction of sp³-hybridized carbons (Fsp3) is 0.375. The largest absolute Gasteiger partial charge is 0.458 e. The molecule has 0 aliphatic rings. The molecular formula is C8H6F5NOS. The average molecular weight is 259 g/mol. The van der Waals surface area contributed by atoms with Gasteiger partial charge in [0.05, 0.1) is 11.1 Å². The lowest BCUT2D eigenvalue weighted by atomic mass is 10.1. The fourth-order valence-electron chi connectivity index (χ4n) is 1.16. The Morgan fingerprint density at radius 1 is 1.25 bits per heavy atom. The van der Waals surface area contributed by atoms with Crippen molar-refractivity contribution < 1.29 is 26.7 Å². The SMILES string of the molecule is Cn1cc(C(=O)S)c(C(F)(F)C(F)(F)F)c1. The molecule has 2 nitrogen and oxygen atoms in total. The van der Waals surface area contributed by atoms with Crippen molar-refractivity contribution in [2.24, 2.45) is 7.05 Å². The summed E-state index contributed by atoms with van der Waals surface area (Å²) in [4.78, 5) is 10.8. The van der Waals surface area contributed by atoms with Gasteiger partial charge in [-0.05, 0) is 0 Å². The molecule has 1 aromatic rings. The molecule has 90 valence electrons. The summed E-state index contributed by atoms with van der Waals surface area (Å²) in [6.45, 7) is 0. The van der Waals surface area contributed by atoms with Gasteiger partial charge in [-0.2, -0.15) is 22.0 Å². The second-order valence-electron chi connectivity index (χ2n) is 3.13. The number of carbonyl (C=O) groups excluding carboxylic acids is 1. The van der Waals surface area contributed by atoms with E-state index in [-0.39, 0.29) is 0 Å². The first kappa shape index (κ1) is 13.0. The molecule has 0 aromatic carbocycles. The molecule has 0 amide bonds. The summed E-state index contributed by atoms with van der Waals surface area (Å²) in [5.41, 5.74) is -2.14. The number of aryl methyl sites for hydroxylation is 1. The van der Waals surface area contributed by atoms with Crippen molar-refractivity contribution >= 4 is 17.7 Å². The zero-order valence-electron chi connectivity index (χ0n) is 7.85. The van der Waals surface area contributed by atoms with Crippen LogP contribution >= 0.6 is 12.6 Å². The number of aromatic nitrogens is 1. The lowest BCUT2D eigenvalue weighted by Crippen LogP contribution is -2.34. The molecule has 0 fully saturated rings. The third-order valence-electron chi connectivity index (χ3n) is 1.88. The summed E-state index contributed by atoms with van der Waals surface area (Å²) in [6.07, 6.45) is -4.33. The van der Waals surface area contributed by atoms with Crippen LogP contribution < -0.4 is 0 Å². The van der Waals surface area contributed by atoms with Gasteiger partial charge >= 0.3 is 12.1 Å². The summed E-state index contributed by atoms with van der Waals surface area (Å²) < 4.78 is 63.1. The minimum absolute atomic E-state index is 0.553. The number of thiol groups is 1. The molecule has 0 atom stereocenters. The molecule has 1 aromatic heterocycles. The van der Waals surface area contributed by atoms with E-state index < -0.39 is 28.3 Å². The van der Waals surface area contributed by atoms with Gasteiger partial charge in [-0.3, -0.25) is 4.79 Å². The van der Waals surface area contributed by atoms with Crippen LogP contribution in [0.5, 0.6) is 0 Å². The van der Waals surface area contributed by atoms with E-state index in [1.54, 1.807) is 0 Å². The molecule has 0 spiro atoms. The van der Waals surface area contributed by atoms with Crippen molar-refractivity contribution in [1.29, 1.82) is 0 Å². The molecule has 1 heterocycles. The molecule has 0 aliphatic heterocycles. The normalized spacial score (nSPS) is 12.9. The second-order valence-corrected chi connectivity index (χ2v) is 3.53. The van der Waals surface area contributed by atoms with Gasteiger partial charge in [0, 0.05) is 19.4 Å². The van der Waals surface area contributed by atoms with E-state index in [0.717, 1.165) is 10.8 Å². The molecular weight excluding hydrogens is 253 g/mol. The molecule has 0 radical (unpaired) electrons. The number of halogens is 5. The molecule has 0 saturated carbocycles. The molecule has 1 rings (SSSR count). The maximum atomic E-state index is 13.0. The van der Waals surface area contributed by atoms with Gasteiger partial charge in [0.1, 0.15) is 0 Å². The predicted molar refractivity (Wildman–Crippen MR) is 48.7 cm³/mol. The molecule has 0 bridgehead atoms. The van der Waals surface area contributed by atoms with Gasteiger partial charge in [0.25, 0.3) is 0 Å². The van der Waals surface area contributed by atoms with Crippen LogP contribution in [-0.2, 0) is 13.0 Å². The summed E-state index contributed by atoms with van der Waals surface area (Å²) >= 11 is 3.25. The monoisotopic (exact) mass is 259 g/mol. The van der Waals surface area contributed by atoms with Crippen LogP contribution in [-0.4, -0.2) is 15.9 Å². The standard InChI is InChI=1S/C8H6F5NOS/c1-14-2-4(6(15)16)5(3-14)7(9,10)8(11,12)13/h2-3H,1H3,(H,15,16). The highest BCUT2D eigenvalue weighted by molar-refractivity contribution is 7.97. The molecule has 16 heavy (non-hydrogen) atoms. The summed E-state index contributed by atoms with van der Waals surface area (Å²) in [5, 5.41) is -1.14. The molecule has 0 saturated heterocycles. The van der Waals surface area contributed by atoms with Crippen LogP contribution in [0.2, 0.25) is 0 Å². The average Bonchev–Trinajstić information content (AvgIpc) is 2.45. The van der Waals surface area contributed by atoms with E-state index >= 15 is 0 Å². The highest BCUT2D eigenvalue weighted by Gasteiger charge is 2.60. The topological polar surface area (TPSA) is 22.0 Å². The first-order chi connectivity index (χ1) is 7.07. The number of alkyl halides is 5. The van der Waals surface area contributed by atoms with Gasteiger partial charge in [-0.15, -0.1) is 12.6 Å². The number of hydrogen-bond donors (Lipinski definition) is 1. The van der Waals surface area contributed by atoms with Gasteiger partial charge in [0.15, 0.2) is 0 Å². The van der Waals surface area contributed by atoms with E-state index in [1.165, 1.54) is 7.05 Å². The minimum Gasteiger partial charge on any atom is -0.356 e. The summed E-state index contributed by atoms with van der Waals surface area (Å²) in [7, 11) is 1.23. The Balaban J connectivity index is 3.38. The molecule has 0 N–H and O–H groups in total. The van der Waals surface area contributed by atoms with E-state index in [0.29, 0.717) is 6.20 Å². The molecule has 0 aliphatic carbocycles. The second kappa shape index (κ2) is 3.76. The Kier molecular flexibility index (Phi) is 3.06. The smallest absolute Gasteiger partial charge is 0.356 e. The fourth-order valence-corrected chi connectivity index (χ4v) is 1.34. The maximum absolute atomic E-state index is 13.0. The lowest BCUT2D eigenvalue weighted by Gasteiger charge is -2.19. The van der Waals surface area contributed by atoms with Crippen molar-refractivity contribution in [2.45, 2.75) is 12.1 Å². The molecule has 8 heteroatoms. The van der Waals surface area contributed by atoms with E-state index in [9.17, 15) is 26.7 Å². The maximum Gasteiger partial charge on any atom is 0.458 e. The quantitative estimate of drug-likeness (QED) is 0.640. The highest BCUT2D eigenvalue weighted by atomic mass is 32.1. The van der Waals surface area contributed by atoms with E-state index in [2.05, 4.69) is 12.6 Å². The van der Waals surface area contributed by atoms with Gasteiger partial charge in [0.2, 0.25) is 5.12 Å². The first-order valence-electron chi connectivity index (χ1n) is 3.91. The third kappa shape index (κ3) is 2.06. The van der Waals surface area contributed by atoms with Crippen LogP contribution in [0.15, 0.2) is 12.4 Å². The Bertz CT molecular complexity index is 423. The lowest BCUT2D eigenvalue weighted by molar-refractivity contribution is -0.289.